The van der Waals surface area contributed by atoms with Gasteiger partial charge in [-0.1, -0.05) is 23.8 Å². The Kier molecular flexibility index (Phi) is 6.40. The van der Waals surface area contributed by atoms with E-state index < -0.39 is 10.1 Å². The first-order chi connectivity index (χ1) is 6.56. The van der Waals surface area contributed by atoms with Crippen LogP contribution in [0.25, 0.3) is 0 Å². The molecule has 0 aliphatic heterocycles. The van der Waals surface area contributed by atoms with E-state index in [9.17, 15) is 8.42 Å². The molecule has 0 radical (unpaired) electrons. The Hall–Kier alpha value is -0.130. The van der Waals surface area contributed by atoms with Crippen molar-refractivity contribution >= 4 is 39.7 Å². The van der Waals surface area contributed by atoms with Crippen molar-refractivity contribution in [3.05, 3.63) is 42.5 Å². The number of aryl methyl sites for hydroxylation is 1. The van der Waals surface area contributed by atoms with Crippen molar-refractivity contribution in [2.45, 2.75) is 11.8 Å². The number of hydrogen-bond acceptors (Lipinski definition) is 3. The zero-order chi connectivity index (χ0) is 10.6. The van der Waals surface area contributed by atoms with E-state index in [-0.39, 0.29) is 41.1 Å². The molecule has 0 spiro atoms. The van der Waals surface area contributed by atoms with Crippen LogP contribution in [0.15, 0.2) is 41.8 Å². The molecule has 15 heavy (non-hydrogen) atoms. The summed E-state index contributed by atoms with van der Waals surface area (Å²) >= 11 is 0. The Morgan fingerprint density at radius 3 is 2.33 bits per heavy atom. The number of benzene rings is 1. The fourth-order valence-corrected chi connectivity index (χ4v) is 1.79. The summed E-state index contributed by atoms with van der Waals surface area (Å²) < 4.78 is 27.5. The molecular formula is C10H13NaO3S. The Morgan fingerprint density at radius 1 is 1.33 bits per heavy atom. The molecule has 0 unspecified atom stereocenters. The summed E-state index contributed by atoms with van der Waals surface area (Å²) in [6.07, 6.45) is 1.39. The van der Waals surface area contributed by atoms with E-state index in [1.165, 1.54) is 18.2 Å². The third kappa shape index (κ3) is 4.49. The number of hydrogen-bond donors (Lipinski definition) is 0. The fraction of sp³-hybridized carbons (Fsp3) is 0.200. The zero-order valence-corrected chi connectivity index (χ0v) is 8.75. The van der Waals surface area contributed by atoms with Gasteiger partial charge in [0.05, 0.1) is 11.5 Å². The van der Waals surface area contributed by atoms with E-state index in [2.05, 4.69) is 10.8 Å². The van der Waals surface area contributed by atoms with Crippen molar-refractivity contribution in [2.75, 3.05) is 6.61 Å². The van der Waals surface area contributed by atoms with Crippen molar-refractivity contribution < 1.29 is 12.6 Å². The van der Waals surface area contributed by atoms with Gasteiger partial charge in [0, 0.05) is 0 Å². The van der Waals surface area contributed by atoms with Crippen LogP contribution in [0.4, 0.5) is 0 Å². The Balaban J connectivity index is 0.00000196. The molecule has 0 atom stereocenters. The standard InChI is InChI=1S/C10H12O3S.Na.H/c1-3-8-13-14(11,12)10-6-4-9(2)5-7-10;;/h3-7H,1,8H2,2H3;;. The zero-order valence-electron chi connectivity index (χ0n) is 7.93. The van der Waals surface area contributed by atoms with Crippen LogP contribution in [0.5, 0.6) is 0 Å². The van der Waals surface area contributed by atoms with E-state index in [1.807, 2.05) is 6.92 Å². The third-order valence-corrected chi connectivity index (χ3v) is 2.95. The molecular weight excluding hydrogens is 223 g/mol. The summed E-state index contributed by atoms with van der Waals surface area (Å²) in [6.45, 7) is 5.27. The van der Waals surface area contributed by atoms with E-state index in [4.69, 9.17) is 0 Å². The van der Waals surface area contributed by atoms with Gasteiger partial charge in [0.25, 0.3) is 10.1 Å². The van der Waals surface area contributed by atoms with Gasteiger partial charge in [-0.05, 0) is 19.1 Å². The Labute approximate surface area is 113 Å². The van der Waals surface area contributed by atoms with Crippen molar-refractivity contribution in [3.8, 4) is 0 Å². The Morgan fingerprint density at radius 2 is 1.87 bits per heavy atom. The molecule has 0 bridgehead atoms. The van der Waals surface area contributed by atoms with E-state index in [0.29, 0.717) is 0 Å². The van der Waals surface area contributed by atoms with Gasteiger partial charge in [0.15, 0.2) is 0 Å². The quantitative estimate of drug-likeness (QED) is 0.449. The SMILES string of the molecule is C=CCOS(=O)(=O)c1ccc(C)cc1.[NaH]. The summed E-state index contributed by atoms with van der Waals surface area (Å²) in [7, 11) is -3.61. The van der Waals surface area contributed by atoms with Crippen molar-refractivity contribution in [1.82, 2.24) is 0 Å². The summed E-state index contributed by atoms with van der Waals surface area (Å²) in [6, 6.07) is 6.50. The molecule has 0 aliphatic carbocycles. The molecule has 0 N–H and O–H groups in total. The molecule has 0 aliphatic rings. The Bertz CT molecular complexity index is 409. The second-order valence-corrected chi connectivity index (χ2v) is 4.46. The van der Waals surface area contributed by atoms with Gasteiger partial charge in [-0.3, -0.25) is 4.18 Å². The van der Waals surface area contributed by atoms with Crippen LogP contribution in [0, 0.1) is 6.92 Å². The van der Waals surface area contributed by atoms with E-state index >= 15 is 0 Å². The fourth-order valence-electron chi connectivity index (χ4n) is 0.911. The monoisotopic (exact) mass is 236 g/mol. The van der Waals surface area contributed by atoms with Crippen LogP contribution in [0.2, 0.25) is 0 Å². The summed E-state index contributed by atoms with van der Waals surface area (Å²) in [5, 5.41) is 0. The predicted octanol–water partition coefficient (Wildman–Crippen LogP) is 1.24. The van der Waals surface area contributed by atoms with Gasteiger partial charge < -0.3 is 0 Å². The molecule has 0 heterocycles. The second-order valence-electron chi connectivity index (χ2n) is 2.84. The summed E-state index contributed by atoms with van der Waals surface area (Å²) in [4.78, 5) is 0.171. The molecule has 3 nitrogen and oxygen atoms in total. The van der Waals surface area contributed by atoms with Gasteiger partial charge in [-0.15, -0.1) is 6.58 Å². The van der Waals surface area contributed by atoms with Gasteiger partial charge in [0.2, 0.25) is 0 Å². The topological polar surface area (TPSA) is 43.4 Å². The van der Waals surface area contributed by atoms with E-state index in [0.717, 1.165) is 5.56 Å². The first-order valence-corrected chi connectivity index (χ1v) is 5.54. The average Bonchev–Trinajstić information content (AvgIpc) is 2.16. The molecule has 78 valence electrons. The minimum absolute atomic E-state index is 0. The van der Waals surface area contributed by atoms with Gasteiger partial charge in [-0.2, -0.15) is 8.42 Å². The first-order valence-electron chi connectivity index (χ1n) is 4.13. The molecule has 0 amide bonds. The van der Waals surface area contributed by atoms with Gasteiger partial charge in [0.1, 0.15) is 0 Å². The summed E-state index contributed by atoms with van der Waals surface area (Å²) in [5.74, 6) is 0. The average molecular weight is 236 g/mol. The minimum atomic E-state index is -3.61. The van der Waals surface area contributed by atoms with Crippen molar-refractivity contribution in [3.63, 3.8) is 0 Å². The maximum atomic E-state index is 11.4. The molecule has 0 saturated heterocycles. The van der Waals surface area contributed by atoms with Crippen molar-refractivity contribution in [2.24, 2.45) is 0 Å². The normalized spacial score (nSPS) is 10.5. The third-order valence-electron chi connectivity index (χ3n) is 1.65. The van der Waals surface area contributed by atoms with Crippen LogP contribution < -0.4 is 0 Å². The molecule has 1 aromatic rings. The van der Waals surface area contributed by atoms with Gasteiger partial charge >= 0.3 is 29.6 Å². The second kappa shape index (κ2) is 6.45. The van der Waals surface area contributed by atoms with Crippen LogP contribution in [-0.4, -0.2) is 44.6 Å². The molecule has 1 aromatic carbocycles. The van der Waals surface area contributed by atoms with Gasteiger partial charge in [-0.25, -0.2) is 0 Å². The number of rotatable bonds is 4. The summed E-state index contributed by atoms with van der Waals surface area (Å²) in [5.41, 5.74) is 1.01. The maximum absolute atomic E-state index is 11.4. The van der Waals surface area contributed by atoms with Crippen LogP contribution in [0.3, 0.4) is 0 Å². The van der Waals surface area contributed by atoms with Crippen molar-refractivity contribution in [1.29, 1.82) is 0 Å². The van der Waals surface area contributed by atoms with E-state index in [1.54, 1.807) is 12.1 Å². The molecule has 0 fully saturated rings. The molecule has 1 rings (SSSR count). The molecule has 0 aromatic heterocycles. The van der Waals surface area contributed by atoms with Crippen LogP contribution in [0.1, 0.15) is 5.56 Å². The van der Waals surface area contributed by atoms with Crippen LogP contribution >= 0.6 is 0 Å². The molecule has 5 heteroatoms. The first kappa shape index (κ1) is 14.9. The van der Waals surface area contributed by atoms with Crippen LogP contribution in [-0.2, 0) is 14.3 Å². The predicted molar refractivity (Wildman–Crippen MR) is 61.7 cm³/mol. The molecule has 0 saturated carbocycles.